The van der Waals surface area contributed by atoms with Gasteiger partial charge in [-0.15, -0.1) is 11.3 Å². The Hall–Kier alpha value is -1.96. The zero-order chi connectivity index (χ0) is 14.2. The molecule has 0 saturated carbocycles. The van der Waals surface area contributed by atoms with Gasteiger partial charge < -0.3 is 14.6 Å². The van der Waals surface area contributed by atoms with Crippen molar-refractivity contribution in [3.63, 3.8) is 0 Å². The highest BCUT2D eigenvalue weighted by atomic mass is 32.1. The van der Waals surface area contributed by atoms with Gasteiger partial charge in [0.1, 0.15) is 13.2 Å². The second-order valence-corrected chi connectivity index (χ2v) is 5.06. The number of hydrogen-bond acceptors (Lipinski definition) is 4. The molecule has 4 heteroatoms. The van der Waals surface area contributed by atoms with Crippen LogP contribution in [0.15, 0.2) is 36.4 Å². The molecule has 0 aliphatic rings. The lowest BCUT2D eigenvalue weighted by atomic mass is 10.3. The first-order valence-corrected chi connectivity index (χ1v) is 7.18. The minimum atomic E-state index is -0.120. The maximum Gasteiger partial charge on any atom is 0.161 e. The fourth-order valence-corrected chi connectivity index (χ4v) is 2.44. The summed E-state index contributed by atoms with van der Waals surface area (Å²) in [5.74, 6) is 7.01. The quantitative estimate of drug-likeness (QED) is 0.859. The molecule has 0 spiro atoms. The van der Waals surface area contributed by atoms with Gasteiger partial charge in [-0.2, -0.15) is 0 Å². The number of hydrogen-bond donors (Lipinski definition) is 1. The maximum absolute atomic E-state index is 8.66. The first-order chi connectivity index (χ1) is 9.83. The molecule has 0 aliphatic carbocycles. The van der Waals surface area contributed by atoms with E-state index in [0.29, 0.717) is 13.2 Å². The zero-order valence-corrected chi connectivity index (χ0v) is 12.1. The molecule has 2 aromatic rings. The number of thiophene rings is 1. The molecular formula is C16H16O3S. The van der Waals surface area contributed by atoms with E-state index >= 15 is 0 Å². The molecule has 2 rings (SSSR count). The monoisotopic (exact) mass is 288 g/mol. The Balaban J connectivity index is 2.00. The third kappa shape index (κ3) is 4.02. The van der Waals surface area contributed by atoms with Gasteiger partial charge in [0, 0.05) is 4.88 Å². The van der Waals surface area contributed by atoms with Crippen LogP contribution in [0.4, 0.5) is 0 Å². The average Bonchev–Trinajstić information content (AvgIpc) is 2.92. The summed E-state index contributed by atoms with van der Waals surface area (Å²) < 4.78 is 11.3. The van der Waals surface area contributed by atoms with Crippen LogP contribution in [0.3, 0.4) is 0 Å². The van der Waals surface area contributed by atoms with Crippen molar-refractivity contribution in [2.45, 2.75) is 13.5 Å². The van der Waals surface area contributed by atoms with E-state index in [1.807, 2.05) is 43.3 Å². The van der Waals surface area contributed by atoms with Crippen LogP contribution in [0, 0.1) is 11.8 Å². The standard InChI is InChI=1S/C16H16O3S/c1-2-18-15-7-3-4-8-16(15)19-12-14-10-9-13(20-14)6-5-11-17/h3-4,7-10,17H,2,11-12H2,1H3. The van der Waals surface area contributed by atoms with Crippen LogP contribution < -0.4 is 9.47 Å². The highest BCUT2D eigenvalue weighted by molar-refractivity contribution is 7.12. The van der Waals surface area contributed by atoms with Gasteiger partial charge in [0.05, 0.1) is 11.5 Å². The number of para-hydroxylation sites is 2. The molecule has 0 fully saturated rings. The lowest BCUT2D eigenvalue weighted by Gasteiger charge is -2.10. The van der Waals surface area contributed by atoms with E-state index in [4.69, 9.17) is 14.6 Å². The van der Waals surface area contributed by atoms with E-state index in [0.717, 1.165) is 21.3 Å². The van der Waals surface area contributed by atoms with E-state index in [2.05, 4.69) is 11.8 Å². The number of aliphatic hydroxyl groups excluding tert-OH is 1. The van der Waals surface area contributed by atoms with E-state index in [1.165, 1.54) is 0 Å². The summed E-state index contributed by atoms with van der Waals surface area (Å²) in [6, 6.07) is 11.5. The van der Waals surface area contributed by atoms with Crippen LogP contribution in [0.25, 0.3) is 0 Å². The van der Waals surface area contributed by atoms with Gasteiger partial charge in [0.15, 0.2) is 11.5 Å². The van der Waals surface area contributed by atoms with Crippen LogP contribution >= 0.6 is 11.3 Å². The van der Waals surface area contributed by atoms with Crippen molar-refractivity contribution in [3.05, 3.63) is 46.2 Å². The molecule has 1 aromatic carbocycles. The van der Waals surface area contributed by atoms with E-state index < -0.39 is 0 Å². The van der Waals surface area contributed by atoms with Crippen LogP contribution in [0.5, 0.6) is 11.5 Å². The van der Waals surface area contributed by atoms with Crippen LogP contribution in [0.2, 0.25) is 0 Å². The minimum absolute atomic E-state index is 0.120. The first kappa shape index (κ1) is 14.4. The maximum atomic E-state index is 8.66. The Morgan fingerprint density at radius 3 is 2.55 bits per heavy atom. The van der Waals surface area contributed by atoms with Crippen molar-refractivity contribution < 1.29 is 14.6 Å². The molecule has 0 atom stereocenters. The summed E-state index contributed by atoms with van der Waals surface area (Å²) in [4.78, 5) is 2.01. The smallest absolute Gasteiger partial charge is 0.161 e. The molecule has 0 saturated heterocycles. The Morgan fingerprint density at radius 1 is 1.10 bits per heavy atom. The number of ether oxygens (including phenoxy) is 2. The van der Waals surface area contributed by atoms with Crippen LogP contribution in [0.1, 0.15) is 16.7 Å². The molecule has 0 aliphatic heterocycles. The largest absolute Gasteiger partial charge is 0.490 e. The lowest BCUT2D eigenvalue weighted by Crippen LogP contribution is -1.98. The molecule has 0 amide bonds. The van der Waals surface area contributed by atoms with Crippen molar-refractivity contribution in [2.75, 3.05) is 13.2 Å². The molecule has 0 unspecified atom stereocenters. The van der Waals surface area contributed by atoms with Gasteiger partial charge in [0.25, 0.3) is 0 Å². The van der Waals surface area contributed by atoms with E-state index in [1.54, 1.807) is 11.3 Å². The zero-order valence-electron chi connectivity index (χ0n) is 11.3. The highest BCUT2D eigenvalue weighted by Crippen LogP contribution is 2.28. The van der Waals surface area contributed by atoms with E-state index in [9.17, 15) is 0 Å². The third-order valence-electron chi connectivity index (χ3n) is 2.47. The summed E-state index contributed by atoms with van der Waals surface area (Å²) in [7, 11) is 0. The molecule has 1 heterocycles. The van der Waals surface area contributed by atoms with Crippen LogP contribution in [-0.2, 0) is 6.61 Å². The number of rotatable bonds is 5. The van der Waals surface area contributed by atoms with Crippen molar-refractivity contribution in [1.82, 2.24) is 0 Å². The number of aliphatic hydroxyl groups is 1. The van der Waals surface area contributed by atoms with E-state index in [-0.39, 0.29) is 6.61 Å². The third-order valence-corrected chi connectivity index (χ3v) is 3.45. The molecule has 1 aromatic heterocycles. The molecule has 0 bridgehead atoms. The Labute approximate surface area is 122 Å². The van der Waals surface area contributed by atoms with Gasteiger partial charge in [0.2, 0.25) is 0 Å². The lowest BCUT2D eigenvalue weighted by molar-refractivity contribution is 0.271. The second-order valence-electron chi connectivity index (χ2n) is 3.89. The fraction of sp³-hybridized carbons (Fsp3) is 0.250. The second kappa shape index (κ2) is 7.59. The van der Waals surface area contributed by atoms with Gasteiger partial charge >= 0.3 is 0 Å². The van der Waals surface area contributed by atoms with Crippen molar-refractivity contribution >= 4 is 11.3 Å². The Morgan fingerprint density at radius 2 is 1.85 bits per heavy atom. The summed E-state index contributed by atoms with van der Waals surface area (Å²) in [6.07, 6.45) is 0. The Bertz CT molecular complexity index is 607. The first-order valence-electron chi connectivity index (χ1n) is 6.36. The summed E-state index contributed by atoms with van der Waals surface area (Å²) in [6.45, 7) is 2.92. The van der Waals surface area contributed by atoms with Gasteiger partial charge in [-0.05, 0) is 31.2 Å². The predicted octanol–water partition coefficient (Wildman–Crippen LogP) is 3.07. The molecule has 1 N–H and O–H groups in total. The van der Waals surface area contributed by atoms with Gasteiger partial charge in [-0.25, -0.2) is 0 Å². The summed E-state index contributed by atoms with van der Waals surface area (Å²) >= 11 is 1.56. The fourth-order valence-electron chi connectivity index (χ4n) is 1.64. The minimum Gasteiger partial charge on any atom is -0.490 e. The van der Waals surface area contributed by atoms with Crippen LogP contribution in [-0.4, -0.2) is 18.3 Å². The molecule has 0 radical (unpaired) electrons. The molecule has 104 valence electrons. The SMILES string of the molecule is CCOc1ccccc1OCc1ccc(C#CCO)s1. The Kier molecular flexibility index (Phi) is 5.48. The highest BCUT2D eigenvalue weighted by Gasteiger charge is 2.05. The summed E-state index contributed by atoms with van der Waals surface area (Å²) in [5, 5.41) is 8.66. The average molecular weight is 288 g/mol. The molecular weight excluding hydrogens is 272 g/mol. The normalized spacial score (nSPS) is 9.70. The predicted molar refractivity (Wildman–Crippen MR) is 80.2 cm³/mol. The van der Waals surface area contributed by atoms with Crippen molar-refractivity contribution in [1.29, 1.82) is 0 Å². The molecule has 3 nitrogen and oxygen atoms in total. The van der Waals surface area contributed by atoms with Gasteiger partial charge in [-0.1, -0.05) is 24.0 Å². The number of benzene rings is 1. The summed E-state index contributed by atoms with van der Waals surface area (Å²) in [5.41, 5.74) is 0. The topological polar surface area (TPSA) is 38.7 Å². The van der Waals surface area contributed by atoms with Crippen molar-refractivity contribution in [2.24, 2.45) is 0 Å². The van der Waals surface area contributed by atoms with Gasteiger partial charge in [-0.3, -0.25) is 0 Å². The van der Waals surface area contributed by atoms with Crippen molar-refractivity contribution in [3.8, 4) is 23.3 Å². The molecule has 20 heavy (non-hydrogen) atoms.